The molecule has 3 N–H and O–H groups in total. The number of nitrogen functional groups attached to an aromatic ring is 1. The first-order valence-corrected chi connectivity index (χ1v) is 5.97. The van der Waals surface area contributed by atoms with E-state index in [4.69, 9.17) is 5.73 Å². The van der Waals surface area contributed by atoms with Crippen LogP contribution in [0.4, 0.5) is 10.2 Å². The number of carbonyl (C=O) groups excluding carboxylic acids is 1. The number of likely N-dealkylation sites (tertiary alicyclic amines) is 1. The number of rotatable bonds is 2. The molecule has 2 rings (SSSR count). The molecule has 1 aliphatic heterocycles. The molecule has 0 spiro atoms. The van der Waals surface area contributed by atoms with Gasteiger partial charge in [-0.1, -0.05) is 0 Å². The van der Waals surface area contributed by atoms with Crippen LogP contribution in [-0.2, 0) is 0 Å². The van der Waals surface area contributed by atoms with Crippen molar-refractivity contribution in [3.63, 3.8) is 0 Å². The third-order valence-corrected chi connectivity index (χ3v) is 3.21. The van der Waals surface area contributed by atoms with Gasteiger partial charge in [0.05, 0.1) is 5.56 Å². The predicted molar refractivity (Wildman–Crippen MR) is 66.6 cm³/mol. The van der Waals surface area contributed by atoms with Crippen LogP contribution in [0, 0.1) is 5.82 Å². The zero-order valence-corrected chi connectivity index (χ0v) is 10.3. The lowest BCUT2D eigenvalue weighted by Gasteiger charge is -2.29. The third-order valence-electron chi connectivity index (χ3n) is 3.21. The number of halogens is 1. The third kappa shape index (κ3) is 2.76. The van der Waals surface area contributed by atoms with Gasteiger partial charge in [-0.3, -0.25) is 4.79 Å². The van der Waals surface area contributed by atoms with Gasteiger partial charge in [0.1, 0.15) is 0 Å². The first-order chi connectivity index (χ1) is 8.58. The van der Waals surface area contributed by atoms with Gasteiger partial charge in [-0.2, -0.15) is 0 Å². The molecule has 0 bridgehead atoms. The molecular formula is C12H17FN4O. The summed E-state index contributed by atoms with van der Waals surface area (Å²) in [7, 11) is 2.04. The maximum atomic E-state index is 13.6. The Morgan fingerprint density at radius 2 is 2.22 bits per heavy atom. The van der Waals surface area contributed by atoms with Crippen molar-refractivity contribution in [3.8, 4) is 0 Å². The number of hydrogen-bond donors (Lipinski definition) is 2. The van der Waals surface area contributed by atoms with Gasteiger partial charge in [0.15, 0.2) is 11.6 Å². The molecule has 5 nitrogen and oxygen atoms in total. The van der Waals surface area contributed by atoms with E-state index in [1.165, 1.54) is 12.3 Å². The Morgan fingerprint density at radius 3 is 2.89 bits per heavy atom. The Kier molecular flexibility index (Phi) is 3.76. The second-order valence-electron chi connectivity index (χ2n) is 4.61. The van der Waals surface area contributed by atoms with E-state index in [1.807, 2.05) is 7.05 Å². The van der Waals surface area contributed by atoms with Crippen LogP contribution in [0.5, 0.6) is 0 Å². The Bertz CT molecular complexity index is 444. The first-order valence-electron chi connectivity index (χ1n) is 5.97. The van der Waals surface area contributed by atoms with Crippen LogP contribution < -0.4 is 11.1 Å². The van der Waals surface area contributed by atoms with E-state index in [9.17, 15) is 9.18 Å². The number of nitrogens with one attached hydrogen (secondary N) is 1. The van der Waals surface area contributed by atoms with Gasteiger partial charge in [0, 0.05) is 12.2 Å². The van der Waals surface area contributed by atoms with Crippen molar-refractivity contribution >= 4 is 11.7 Å². The first kappa shape index (κ1) is 12.8. The van der Waals surface area contributed by atoms with Gasteiger partial charge in [-0.05, 0) is 39.0 Å². The lowest BCUT2D eigenvalue weighted by atomic mass is 10.0. The largest absolute Gasteiger partial charge is 0.381 e. The molecule has 1 aliphatic rings. The van der Waals surface area contributed by atoms with E-state index < -0.39 is 11.7 Å². The van der Waals surface area contributed by atoms with E-state index in [2.05, 4.69) is 15.2 Å². The topological polar surface area (TPSA) is 71.2 Å². The summed E-state index contributed by atoms with van der Waals surface area (Å²) in [4.78, 5) is 17.7. The summed E-state index contributed by atoms with van der Waals surface area (Å²) in [6, 6.07) is 1.44. The van der Waals surface area contributed by atoms with Crippen LogP contribution in [0.2, 0.25) is 0 Å². The molecule has 0 atom stereocenters. The molecule has 1 amide bonds. The summed E-state index contributed by atoms with van der Waals surface area (Å²) in [5, 5.41) is 2.83. The van der Waals surface area contributed by atoms with Crippen molar-refractivity contribution < 1.29 is 9.18 Å². The Hall–Kier alpha value is -1.69. The molecule has 18 heavy (non-hydrogen) atoms. The molecule has 98 valence electrons. The smallest absolute Gasteiger partial charge is 0.254 e. The average molecular weight is 252 g/mol. The number of amides is 1. The van der Waals surface area contributed by atoms with Crippen LogP contribution in [0.1, 0.15) is 23.2 Å². The molecule has 0 aromatic carbocycles. The minimum absolute atomic E-state index is 0.0403. The van der Waals surface area contributed by atoms with E-state index in [0.717, 1.165) is 25.9 Å². The Morgan fingerprint density at radius 1 is 1.56 bits per heavy atom. The highest BCUT2D eigenvalue weighted by atomic mass is 19.1. The molecule has 0 saturated carbocycles. The van der Waals surface area contributed by atoms with Gasteiger partial charge in [-0.25, -0.2) is 9.37 Å². The van der Waals surface area contributed by atoms with E-state index in [0.29, 0.717) is 0 Å². The molecule has 0 aliphatic carbocycles. The Labute approximate surface area is 105 Å². The fourth-order valence-corrected chi connectivity index (χ4v) is 2.05. The van der Waals surface area contributed by atoms with Crippen molar-refractivity contribution in [2.75, 3.05) is 25.9 Å². The molecule has 1 fully saturated rings. The summed E-state index contributed by atoms with van der Waals surface area (Å²) in [6.07, 6.45) is 3.09. The Balaban J connectivity index is 2.01. The molecule has 0 unspecified atom stereocenters. The van der Waals surface area contributed by atoms with Crippen molar-refractivity contribution in [1.29, 1.82) is 0 Å². The van der Waals surface area contributed by atoms with E-state index >= 15 is 0 Å². The van der Waals surface area contributed by atoms with Crippen LogP contribution in [0.15, 0.2) is 12.3 Å². The van der Waals surface area contributed by atoms with Crippen molar-refractivity contribution in [3.05, 3.63) is 23.6 Å². The number of nitrogens with zero attached hydrogens (tertiary/aromatic N) is 2. The molecular weight excluding hydrogens is 235 g/mol. The number of hydrogen-bond acceptors (Lipinski definition) is 4. The maximum Gasteiger partial charge on any atom is 0.254 e. The van der Waals surface area contributed by atoms with E-state index in [1.54, 1.807) is 0 Å². The summed E-state index contributed by atoms with van der Waals surface area (Å²) >= 11 is 0. The van der Waals surface area contributed by atoms with Gasteiger partial charge in [-0.15, -0.1) is 0 Å². The van der Waals surface area contributed by atoms with E-state index in [-0.39, 0.29) is 17.4 Å². The maximum absolute atomic E-state index is 13.6. The standard InChI is InChI=1S/C12H17FN4O/c1-17-6-3-8(4-7-17)16-12(18)9-2-5-15-11(14)10(9)13/h2,5,8H,3-4,6-7H2,1H3,(H2,14,15)(H,16,18). The highest BCUT2D eigenvalue weighted by molar-refractivity contribution is 5.95. The van der Waals surface area contributed by atoms with Crippen molar-refractivity contribution in [2.45, 2.75) is 18.9 Å². The molecule has 1 aromatic rings. The SMILES string of the molecule is CN1CCC(NC(=O)c2ccnc(N)c2F)CC1. The minimum Gasteiger partial charge on any atom is -0.381 e. The lowest BCUT2D eigenvalue weighted by Crippen LogP contribution is -2.43. The average Bonchev–Trinajstić information content (AvgIpc) is 2.35. The molecule has 2 heterocycles. The zero-order valence-electron chi connectivity index (χ0n) is 10.3. The van der Waals surface area contributed by atoms with Crippen molar-refractivity contribution in [2.24, 2.45) is 0 Å². The summed E-state index contributed by atoms with van der Waals surface area (Å²) in [5.41, 5.74) is 5.30. The van der Waals surface area contributed by atoms with Crippen LogP contribution in [0.3, 0.4) is 0 Å². The number of piperidine rings is 1. The summed E-state index contributed by atoms with van der Waals surface area (Å²) in [6.45, 7) is 1.87. The second-order valence-corrected chi connectivity index (χ2v) is 4.61. The fourth-order valence-electron chi connectivity index (χ4n) is 2.05. The summed E-state index contributed by atoms with van der Waals surface area (Å²) in [5.74, 6) is -1.41. The van der Waals surface area contributed by atoms with Crippen LogP contribution in [-0.4, -0.2) is 42.0 Å². The number of carbonyl (C=O) groups is 1. The predicted octanol–water partition coefficient (Wildman–Crippen LogP) is 0.627. The summed E-state index contributed by atoms with van der Waals surface area (Å²) < 4.78 is 13.6. The fraction of sp³-hybridized carbons (Fsp3) is 0.500. The monoisotopic (exact) mass is 252 g/mol. The highest BCUT2D eigenvalue weighted by Crippen LogP contribution is 2.14. The number of nitrogens with two attached hydrogens (primary N) is 1. The van der Waals surface area contributed by atoms with Gasteiger partial charge in [0.25, 0.3) is 5.91 Å². The highest BCUT2D eigenvalue weighted by Gasteiger charge is 2.21. The number of aromatic nitrogens is 1. The minimum atomic E-state index is -0.747. The number of pyridine rings is 1. The zero-order chi connectivity index (χ0) is 13.1. The van der Waals surface area contributed by atoms with Crippen molar-refractivity contribution in [1.82, 2.24) is 15.2 Å². The normalized spacial score (nSPS) is 17.7. The lowest BCUT2D eigenvalue weighted by molar-refractivity contribution is 0.0912. The molecule has 0 radical (unpaired) electrons. The van der Waals surface area contributed by atoms with Gasteiger partial charge >= 0.3 is 0 Å². The number of anilines is 1. The van der Waals surface area contributed by atoms with Gasteiger partial charge in [0.2, 0.25) is 0 Å². The molecule has 6 heteroatoms. The van der Waals surface area contributed by atoms with Crippen LogP contribution in [0.25, 0.3) is 0 Å². The van der Waals surface area contributed by atoms with Crippen LogP contribution >= 0.6 is 0 Å². The quantitative estimate of drug-likeness (QED) is 0.809. The molecule has 1 saturated heterocycles. The second kappa shape index (κ2) is 5.30. The molecule has 1 aromatic heterocycles. The van der Waals surface area contributed by atoms with Gasteiger partial charge < -0.3 is 16.0 Å².